The molecule has 0 aromatic heterocycles. The molecule has 0 saturated carbocycles. The fourth-order valence-corrected chi connectivity index (χ4v) is 2.58. The van der Waals surface area contributed by atoms with Crippen LogP contribution in [0.3, 0.4) is 0 Å². The van der Waals surface area contributed by atoms with E-state index in [1.807, 2.05) is 24.0 Å². The molecule has 0 aliphatic carbocycles. The van der Waals surface area contributed by atoms with Gasteiger partial charge in [-0.15, -0.1) is 0 Å². The molecule has 1 atom stereocenters. The van der Waals surface area contributed by atoms with Gasteiger partial charge in [0.25, 0.3) is 5.91 Å². The average molecular weight is 262 g/mol. The molecule has 1 fully saturated rings. The number of rotatable bonds is 3. The van der Waals surface area contributed by atoms with Crippen molar-refractivity contribution in [2.45, 2.75) is 19.8 Å². The Labute approximate surface area is 114 Å². The maximum atomic E-state index is 12.4. The van der Waals surface area contributed by atoms with Gasteiger partial charge in [0.1, 0.15) is 0 Å². The highest BCUT2D eigenvalue weighted by atomic mass is 16.5. The van der Waals surface area contributed by atoms with Crippen molar-refractivity contribution in [3.05, 3.63) is 29.3 Å². The van der Waals surface area contributed by atoms with Crippen LogP contribution in [-0.4, -0.2) is 37.6 Å². The van der Waals surface area contributed by atoms with Crippen molar-refractivity contribution < 1.29 is 9.53 Å². The highest BCUT2D eigenvalue weighted by Crippen LogP contribution is 2.20. The van der Waals surface area contributed by atoms with E-state index in [1.54, 1.807) is 13.2 Å². The predicted octanol–water partition coefficient (Wildman–Crippen LogP) is 2.08. The van der Waals surface area contributed by atoms with Crippen molar-refractivity contribution >= 4 is 11.6 Å². The quantitative estimate of drug-likeness (QED) is 0.848. The Morgan fingerprint density at radius 1 is 1.53 bits per heavy atom. The summed E-state index contributed by atoms with van der Waals surface area (Å²) < 4.78 is 5.19. The minimum absolute atomic E-state index is 0.0764. The molecule has 0 spiro atoms. The third kappa shape index (κ3) is 3.26. The molecule has 2 rings (SSSR count). The smallest absolute Gasteiger partial charge is 0.253 e. The molecule has 4 heteroatoms. The van der Waals surface area contributed by atoms with E-state index in [0.717, 1.165) is 38.1 Å². The fourth-order valence-electron chi connectivity index (χ4n) is 2.58. The van der Waals surface area contributed by atoms with Gasteiger partial charge in [0, 0.05) is 31.5 Å². The summed E-state index contributed by atoms with van der Waals surface area (Å²) in [7, 11) is 1.71. The van der Waals surface area contributed by atoms with E-state index >= 15 is 0 Å². The van der Waals surface area contributed by atoms with Gasteiger partial charge in [-0.25, -0.2) is 0 Å². The Kier molecular flexibility index (Phi) is 4.43. The fraction of sp³-hybridized carbons (Fsp3) is 0.533. The molecule has 0 radical (unpaired) electrons. The van der Waals surface area contributed by atoms with Crippen LogP contribution >= 0.6 is 0 Å². The molecule has 104 valence electrons. The van der Waals surface area contributed by atoms with E-state index in [1.165, 1.54) is 0 Å². The van der Waals surface area contributed by atoms with Crippen LogP contribution in [0.25, 0.3) is 0 Å². The summed E-state index contributed by atoms with van der Waals surface area (Å²) in [4.78, 5) is 14.4. The molecule has 1 aliphatic rings. The third-order valence-electron chi connectivity index (χ3n) is 3.73. The summed E-state index contributed by atoms with van der Waals surface area (Å²) in [5, 5.41) is 0. The monoisotopic (exact) mass is 262 g/mol. The van der Waals surface area contributed by atoms with Crippen LogP contribution in [0.15, 0.2) is 18.2 Å². The van der Waals surface area contributed by atoms with E-state index in [0.29, 0.717) is 17.2 Å². The Morgan fingerprint density at radius 3 is 3.00 bits per heavy atom. The van der Waals surface area contributed by atoms with Crippen molar-refractivity contribution in [1.29, 1.82) is 0 Å². The number of nitrogens with two attached hydrogens (primary N) is 1. The second-order valence-electron chi connectivity index (χ2n) is 5.29. The molecular weight excluding hydrogens is 240 g/mol. The minimum Gasteiger partial charge on any atom is -0.398 e. The van der Waals surface area contributed by atoms with Crippen LogP contribution < -0.4 is 5.73 Å². The first kappa shape index (κ1) is 13.9. The highest BCUT2D eigenvalue weighted by molar-refractivity contribution is 5.95. The van der Waals surface area contributed by atoms with E-state index < -0.39 is 0 Å². The lowest BCUT2D eigenvalue weighted by Crippen LogP contribution is -2.41. The number of nitrogen functional groups attached to an aromatic ring is 1. The number of carbonyl (C=O) groups is 1. The number of likely N-dealkylation sites (tertiary alicyclic amines) is 1. The molecule has 1 aromatic rings. The third-order valence-corrected chi connectivity index (χ3v) is 3.73. The van der Waals surface area contributed by atoms with Crippen molar-refractivity contribution in [3.8, 4) is 0 Å². The van der Waals surface area contributed by atoms with Gasteiger partial charge in [-0.2, -0.15) is 0 Å². The molecule has 19 heavy (non-hydrogen) atoms. The van der Waals surface area contributed by atoms with Gasteiger partial charge in [0.15, 0.2) is 0 Å². The van der Waals surface area contributed by atoms with E-state index in [4.69, 9.17) is 10.5 Å². The lowest BCUT2D eigenvalue weighted by molar-refractivity contribution is 0.0571. The van der Waals surface area contributed by atoms with Gasteiger partial charge in [-0.3, -0.25) is 4.79 Å². The van der Waals surface area contributed by atoms with Crippen LogP contribution in [0.1, 0.15) is 28.8 Å². The van der Waals surface area contributed by atoms with Crippen LogP contribution in [0.4, 0.5) is 5.69 Å². The number of hydrogen-bond acceptors (Lipinski definition) is 3. The number of aryl methyl sites for hydroxylation is 1. The number of ether oxygens (including phenoxy) is 1. The normalized spacial score (nSPS) is 19.5. The minimum atomic E-state index is 0.0764. The number of benzene rings is 1. The summed E-state index contributed by atoms with van der Waals surface area (Å²) >= 11 is 0. The highest BCUT2D eigenvalue weighted by Gasteiger charge is 2.24. The number of piperidine rings is 1. The molecule has 1 heterocycles. The van der Waals surface area contributed by atoms with Gasteiger partial charge < -0.3 is 15.4 Å². The lowest BCUT2D eigenvalue weighted by atomic mass is 9.98. The maximum absolute atomic E-state index is 12.4. The van der Waals surface area contributed by atoms with Crippen molar-refractivity contribution in [2.24, 2.45) is 5.92 Å². The Bertz CT molecular complexity index is 457. The van der Waals surface area contributed by atoms with E-state index in [9.17, 15) is 4.79 Å². The molecule has 1 amide bonds. The molecule has 2 N–H and O–H groups in total. The zero-order chi connectivity index (χ0) is 13.8. The van der Waals surface area contributed by atoms with Crippen LogP contribution in [0.2, 0.25) is 0 Å². The summed E-state index contributed by atoms with van der Waals surface area (Å²) in [6.07, 6.45) is 2.18. The first-order valence-electron chi connectivity index (χ1n) is 6.76. The zero-order valence-electron chi connectivity index (χ0n) is 11.7. The Balaban J connectivity index is 2.08. The largest absolute Gasteiger partial charge is 0.398 e. The average Bonchev–Trinajstić information content (AvgIpc) is 2.42. The Morgan fingerprint density at radius 2 is 2.32 bits per heavy atom. The molecule has 1 aliphatic heterocycles. The summed E-state index contributed by atoms with van der Waals surface area (Å²) in [6.45, 7) is 4.27. The molecule has 4 nitrogen and oxygen atoms in total. The zero-order valence-corrected chi connectivity index (χ0v) is 11.7. The SMILES string of the molecule is COCC1CCCN(C(=O)c2ccc(C)c(N)c2)C1. The first-order valence-corrected chi connectivity index (χ1v) is 6.76. The van der Waals surface area contributed by atoms with Crippen molar-refractivity contribution in [2.75, 3.05) is 32.5 Å². The number of carbonyl (C=O) groups excluding carboxylic acids is 1. The predicted molar refractivity (Wildman–Crippen MR) is 76.1 cm³/mol. The van der Waals surface area contributed by atoms with Crippen molar-refractivity contribution in [1.82, 2.24) is 4.90 Å². The Hall–Kier alpha value is -1.55. The van der Waals surface area contributed by atoms with Gasteiger partial charge in [0.05, 0.1) is 6.61 Å². The lowest BCUT2D eigenvalue weighted by Gasteiger charge is -2.32. The number of methoxy groups -OCH3 is 1. The topological polar surface area (TPSA) is 55.6 Å². The van der Waals surface area contributed by atoms with Gasteiger partial charge >= 0.3 is 0 Å². The van der Waals surface area contributed by atoms with Crippen LogP contribution in [0.5, 0.6) is 0 Å². The maximum Gasteiger partial charge on any atom is 0.253 e. The number of anilines is 1. The first-order chi connectivity index (χ1) is 9.11. The number of nitrogens with zero attached hydrogens (tertiary/aromatic N) is 1. The van der Waals surface area contributed by atoms with Crippen LogP contribution in [0, 0.1) is 12.8 Å². The standard InChI is InChI=1S/C15H22N2O2/c1-11-5-6-13(8-14(11)16)15(18)17-7-3-4-12(9-17)10-19-2/h5-6,8,12H,3-4,7,9-10,16H2,1-2H3. The molecule has 1 aromatic carbocycles. The van der Waals surface area contributed by atoms with Gasteiger partial charge in [-0.05, 0) is 43.4 Å². The van der Waals surface area contributed by atoms with Gasteiger partial charge in [0.2, 0.25) is 0 Å². The summed E-state index contributed by atoms with van der Waals surface area (Å²) in [5.41, 5.74) is 8.24. The van der Waals surface area contributed by atoms with E-state index in [-0.39, 0.29) is 5.91 Å². The second kappa shape index (κ2) is 6.06. The molecule has 0 bridgehead atoms. The van der Waals surface area contributed by atoms with Gasteiger partial charge in [-0.1, -0.05) is 6.07 Å². The summed E-state index contributed by atoms with van der Waals surface area (Å²) in [5.74, 6) is 0.526. The van der Waals surface area contributed by atoms with Crippen molar-refractivity contribution in [3.63, 3.8) is 0 Å². The van der Waals surface area contributed by atoms with Crippen LogP contribution in [-0.2, 0) is 4.74 Å². The number of hydrogen-bond donors (Lipinski definition) is 1. The summed E-state index contributed by atoms with van der Waals surface area (Å²) in [6, 6.07) is 5.53. The molecular formula is C15H22N2O2. The molecule has 1 saturated heterocycles. The second-order valence-corrected chi connectivity index (χ2v) is 5.29. The van der Waals surface area contributed by atoms with E-state index in [2.05, 4.69) is 0 Å². The molecule has 1 unspecified atom stereocenters. The number of amides is 1.